The minimum Gasteiger partial charge on any atom is -0.480 e. The van der Waals surface area contributed by atoms with E-state index in [0.717, 1.165) is 0 Å². The van der Waals surface area contributed by atoms with E-state index < -0.39 is 54.3 Å². The molecule has 0 spiro atoms. The Balaban J connectivity index is 2.23. The van der Waals surface area contributed by atoms with Crippen molar-refractivity contribution in [3.8, 4) is 0 Å². The minimum atomic E-state index is -3.39. The predicted octanol–water partition coefficient (Wildman–Crippen LogP) is 2.99. The number of thioether (sulfide) groups is 1. The summed E-state index contributed by atoms with van der Waals surface area (Å²) in [7, 11) is 0. The molecule has 0 aromatic heterocycles. The van der Waals surface area contributed by atoms with E-state index in [4.69, 9.17) is 4.74 Å². The third-order valence-corrected chi connectivity index (χ3v) is 6.25. The summed E-state index contributed by atoms with van der Waals surface area (Å²) >= 11 is 1.39. The molecule has 0 aliphatic heterocycles. The van der Waals surface area contributed by atoms with Gasteiger partial charge in [0, 0.05) is 6.42 Å². The summed E-state index contributed by atoms with van der Waals surface area (Å²) in [4.78, 5) is 49.9. The number of carboxylic acids is 1. The Morgan fingerprint density at radius 3 is 2.08 bits per heavy atom. The largest absolute Gasteiger partial charge is 0.480 e. The molecule has 1 unspecified atom stereocenters. The zero-order chi connectivity index (χ0) is 28.1. The SMILES string of the molecule is CSCC[C@H](NC(=O)[C@H](C)NC(=O)C(Cc1ccccc1)(NC(=O)OCc1ccccc1)C(F)F)C(=O)O. The van der Waals surface area contributed by atoms with Crippen LogP contribution in [-0.4, -0.2) is 65.0 Å². The molecule has 0 saturated heterocycles. The van der Waals surface area contributed by atoms with Crippen molar-refractivity contribution in [3.63, 3.8) is 0 Å². The van der Waals surface area contributed by atoms with Crippen LogP contribution in [0.2, 0.25) is 0 Å². The average Bonchev–Trinajstić information content (AvgIpc) is 2.90. The number of nitrogens with one attached hydrogen (secondary N) is 3. The molecule has 0 fully saturated rings. The first-order valence-electron chi connectivity index (χ1n) is 11.7. The molecule has 4 N–H and O–H groups in total. The van der Waals surface area contributed by atoms with Gasteiger partial charge in [-0.3, -0.25) is 9.59 Å². The number of aliphatic carboxylic acids is 1. The number of benzene rings is 2. The second-order valence-corrected chi connectivity index (χ2v) is 9.48. The maximum absolute atomic E-state index is 14.6. The van der Waals surface area contributed by atoms with E-state index in [9.17, 15) is 33.1 Å². The number of alkyl halides is 2. The Hall–Kier alpha value is -3.67. The third kappa shape index (κ3) is 9.02. The molecule has 2 aromatic rings. The van der Waals surface area contributed by atoms with Gasteiger partial charge in [-0.25, -0.2) is 18.4 Å². The van der Waals surface area contributed by atoms with E-state index in [1.807, 2.05) is 5.32 Å². The highest BCUT2D eigenvalue weighted by molar-refractivity contribution is 7.98. The highest BCUT2D eigenvalue weighted by Gasteiger charge is 2.50. The van der Waals surface area contributed by atoms with E-state index in [2.05, 4.69) is 10.6 Å². The summed E-state index contributed by atoms with van der Waals surface area (Å²) in [5.41, 5.74) is -1.85. The molecule has 12 heteroatoms. The van der Waals surface area contributed by atoms with Crippen molar-refractivity contribution in [3.05, 3.63) is 71.8 Å². The summed E-state index contributed by atoms with van der Waals surface area (Å²) in [6.45, 7) is 1.01. The van der Waals surface area contributed by atoms with E-state index in [-0.39, 0.29) is 13.0 Å². The monoisotopic (exact) mass is 551 g/mol. The van der Waals surface area contributed by atoms with Crippen molar-refractivity contribution >= 4 is 35.6 Å². The van der Waals surface area contributed by atoms with E-state index in [1.165, 1.54) is 30.8 Å². The van der Waals surface area contributed by atoms with Gasteiger partial charge < -0.3 is 25.8 Å². The number of carbonyl (C=O) groups is 4. The van der Waals surface area contributed by atoms with Crippen molar-refractivity contribution in [2.75, 3.05) is 12.0 Å². The lowest BCUT2D eigenvalue weighted by atomic mass is 9.89. The standard InChI is InChI=1S/C26H31F2N3O6S/c1-17(21(32)30-20(22(33)34)13-14-38-2)29-24(35)26(23(27)28,15-18-9-5-3-6-10-18)31-25(36)37-16-19-11-7-4-8-12-19/h3-12,17,20,23H,13-16H2,1-2H3,(H,29,35)(H,30,32)(H,31,36)(H,33,34)/t17-,20-,26?/m0/s1. The smallest absolute Gasteiger partial charge is 0.408 e. The molecule has 2 aromatic carbocycles. The molecule has 38 heavy (non-hydrogen) atoms. The van der Waals surface area contributed by atoms with Crippen molar-refractivity contribution < 1.29 is 37.8 Å². The second-order valence-electron chi connectivity index (χ2n) is 8.50. The summed E-state index contributed by atoms with van der Waals surface area (Å²) in [5.74, 6) is -3.01. The number of alkyl carbamates (subject to hydrolysis) is 1. The topological polar surface area (TPSA) is 134 Å². The maximum atomic E-state index is 14.6. The van der Waals surface area contributed by atoms with Crippen molar-refractivity contribution in [1.29, 1.82) is 0 Å². The van der Waals surface area contributed by atoms with E-state index in [0.29, 0.717) is 16.9 Å². The number of rotatable bonds is 14. The number of carbonyl (C=O) groups excluding carboxylic acids is 3. The summed E-state index contributed by atoms with van der Waals surface area (Å²) in [5, 5.41) is 15.9. The molecule has 3 amide bonds. The van der Waals surface area contributed by atoms with Crippen molar-refractivity contribution in [1.82, 2.24) is 16.0 Å². The number of ether oxygens (including phenoxy) is 1. The quantitative estimate of drug-likeness (QED) is 0.284. The van der Waals surface area contributed by atoms with Crippen LogP contribution in [0.15, 0.2) is 60.7 Å². The van der Waals surface area contributed by atoms with Crippen LogP contribution in [0.1, 0.15) is 24.5 Å². The van der Waals surface area contributed by atoms with Crippen LogP contribution >= 0.6 is 11.8 Å². The molecule has 3 atom stereocenters. The van der Waals surface area contributed by atoms with Gasteiger partial charge in [-0.05, 0) is 36.5 Å². The summed E-state index contributed by atoms with van der Waals surface area (Å²) in [6, 6.07) is 13.8. The molecular formula is C26H31F2N3O6S. The number of hydrogen-bond donors (Lipinski definition) is 4. The number of hydrogen-bond acceptors (Lipinski definition) is 6. The Morgan fingerprint density at radius 2 is 1.55 bits per heavy atom. The molecule has 0 bridgehead atoms. The van der Waals surface area contributed by atoms with Crippen LogP contribution in [0, 0.1) is 0 Å². The first kappa shape index (κ1) is 30.6. The lowest BCUT2D eigenvalue weighted by molar-refractivity contribution is -0.142. The Bertz CT molecular complexity index is 1080. The van der Waals surface area contributed by atoms with E-state index in [1.54, 1.807) is 54.8 Å². The number of halogens is 2. The molecule has 0 radical (unpaired) electrons. The molecule has 0 heterocycles. The first-order chi connectivity index (χ1) is 18.1. The average molecular weight is 552 g/mol. The fourth-order valence-corrected chi connectivity index (χ4v) is 3.92. The highest BCUT2D eigenvalue weighted by Crippen LogP contribution is 2.23. The third-order valence-electron chi connectivity index (χ3n) is 5.61. The Kier molecular flexibility index (Phi) is 12.0. The van der Waals surface area contributed by atoms with Crippen molar-refractivity contribution in [2.24, 2.45) is 0 Å². The minimum absolute atomic E-state index is 0.132. The molecule has 0 aliphatic rings. The summed E-state index contributed by atoms with van der Waals surface area (Å²) in [6.07, 6.45) is -3.33. The lowest BCUT2D eigenvalue weighted by Gasteiger charge is -2.33. The van der Waals surface area contributed by atoms with Gasteiger partial charge in [-0.15, -0.1) is 0 Å². The zero-order valence-corrected chi connectivity index (χ0v) is 21.8. The molecule has 9 nitrogen and oxygen atoms in total. The maximum Gasteiger partial charge on any atom is 0.408 e. The number of amides is 3. The van der Waals surface area contributed by atoms with Crippen LogP contribution < -0.4 is 16.0 Å². The lowest BCUT2D eigenvalue weighted by Crippen LogP contribution is -2.66. The van der Waals surface area contributed by atoms with Gasteiger partial charge in [0.25, 0.3) is 12.3 Å². The van der Waals surface area contributed by atoms with Gasteiger partial charge in [0.15, 0.2) is 5.54 Å². The van der Waals surface area contributed by atoms with Gasteiger partial charge >= 0.3 is 12.1 Å². The first-order valence-corrected chi connectivity index (χ1v) is 13.1. The number of carboxylic acid groups (broad SMARTS) is 1. The highest BCUT2D eigenvalue weighted by atomic mass is 32.2. The molecule has 206 valence electrons. The Morgan fingerprint density at radius 1 is 0.974 bits per heavy atom. The van der Waals surface area contributed by atoms with Crippen LogP contribution in [0.4, 0.5) is 13.6 Å². The predicted molar refractivity (Wildman–Crippen MR) is 139 cm³/mol. The van der Waals surface area contributed by atoms with Gasteiger partial charge in [-0.1, -0.05) is 60.7 Å². The van der Waals surface area contributed by atoms with Gasteiger partial charge in [-0.2, -0.15) is 11.8 Å². The normalized spacial score (nSPS) is 14.0. The van der Waals surface area contributed by atoms with E-state index >= 15 is 0 Å². The molecule has 0 aliphatic carbocycles. The van der Waals surface area contributed by atoms with Crippen molar-refractivity contribution in [2.45, 2.75) is 50.4 Å². The van der Waals surface area contributed by atoms with Crippen LogP contribution in [-0.2, 0) is 32.1 Å². The fourth-order valence-electron chi connectivity index (χ4n) is 3.45. The Labute approximate surface area is 223 Å². The van der Waals surface area contributed by atoms with Gasteiger partial charge in [0.05, 0.1) is 0 Å². The van der Waals surface area contributed by atoms with Crippen LogP contribution in [0.3, 0.4) is 0 Å². The molecular weight excluding hydrogens is 520 g/mol. The van der Waals surface area contributed by atoms with Gasteiger partial charge in [0.2, 0.25) is 5.91 Å². The summed E-state index contributed by atoms with van der Waals surface area (Å²) < 4.78 is 34.3. The second kappa shape index (κ2) is 14.9. The zero-order valence-electron chi connectivity index (χ0n) is 21.0. The molecule has 2 rings (SSSR count). The molecule has 0 saturated carbocycles. The van der Waals surface area contributed by atoms with Gasteiger partial charge in [0.1, 0.15) is 18.7 Å². The van der Waals surface area contributed by atoms with Crippen LogP contribution in [0.5, 0.6) is 0 Å². The van der Waals surface area contributed by atoms with Crippen LogP contribution in [0.25, 0.3) is 0 Å². The fraction of sp³-hybridized carbons (Fsp3) is 0.385.